The minimum atomic E-state index is 0.427. The number of hydrogen-bond donors (Lipinski definition) is 1. The van der Waals surface area contributed by atoms with Crippen molar-refractivity contribution in [2.45, 2.75) is 6.42 Å². The molecule has 0 bridgehead atoms. The Hall–Kier alpha value is -2.30. The van der Waals surface area contributed by atoms with E-state index in [-0.39, 0.29) is 0 Å². The van der Waals surface area contributed by atoms with Gasteiger partial charge in [-0.1, -0.05) is 11.2 Å². The molecule has 0 amide bonds. The summed E-state index contributed by atoms with van der Waals surface area (Å²) in [5.41, 5.74) is 1.82. The van der Waals surface area contributed by atoms with Crippen molar-refractivity contribution in [1.29, 1.82) is 0 Å². The van der Waals surface area contributed by atoms with E-state index in [1.165, 1.54) is 0 Å². The molecule has 0 atom stereocenters. The molecule has 2 heterocycles. The molecule has 2 rings (SSSR count). The average molecular weight is 214 g/mol. The molecule has 2 aromatic heterocycles. The van der Waals surface area contributed by atoms with Crippen LogP contribution in [0.3, 0.4) is 0 Å². The van der Waals surface area contributed by atoms with Crippen LogP contribution in [0.5, 0.6) is 0 Å². The molecule has 0 radical (unpaired) electrons. The summed E-state index contributed by atoms with van der Waals surface area (Å²) in [6, 6.07) is 5.58. The smallest absolute Gasteiger partial charge is 0.113 e. The van der Waals surface area contributed by atoms with E-state index in [2.05, 4.69) is 20.1 Å². The van der Waals surface area contributed by atoms with Gasteiger partial charge in [0.25, 0.3) is 0 Å². The van der Waals surface area contributed by atoms with Gasteiger partial charge in [-0.25, -0.2) is 0 Å². The van der Waals surface area contributed by atoms with Crippen molar-refractivity contribution < 1.29 is 5.21 Å². The fraction of sp³-hybridized carbons (Fsp3) is 0.0909. The highest BCUT2D eigenvalue weighted by Crippen LogP contribution is 2.02. The van der Waals surface area contributed by atoms with E-state index in [9.17, 15) is 0 Å². The van der Waals surface area contributed by atoms with Gasteiger partial charge in [0.15, 0.2) is 0 Å². The van der Waals surface area contributed by atoms with Crippen molar-refractivity contribution in [3.63, 3.8) is 0 Å². The Kier molecular flexibility index (Phi) is 3.18. The van der Waals surface area contributed by atoms with Gasteiger partial charge >= 0.3 is 0 Å². The number of oxime groups is 1. The first-order chi connectivity index (χ1) is 7.90. The molecule has 0 aromatic carbocycles. The molecule has 0 aliphatic carbocycles. The Morgan fingerprint density at radius 1 is 1.19 bits per heavy atom. The number of pyridine rings is 1. The number of hydrogen-bond acceptors (Lipinski definition) is 5. The molecule has 0 fully saturated rings. The Bertz CT molecular complexity index is 470. The summed E-state index contributed by atoms with van der Waals surface area (Å²) in [5, 5.41) is 12.2. The topological polar surface area (TPSA) is 71.3 Å². The standard InChI is InChI=1S/C11H10N4O/c16-15-10(11-8-12-5-6-14-11)7-9-3-1-2-4-13-9/h1-6,8,16H,7H2/b15-10+. The molecule has 5 heteroatoms. The Balaban J connectivity index is 2.20. The zero-order chi connectivity index (χ0) is 11.2. The summed E-state index contributed by atoms with van der Waals surface area (Å²) < 4.78 is 0. The van der Waals surface area contributed by atoms with Gasteiger partial charge in [0, 0.05) is 30.7 Å². The Morgan fingerprint density at radius 2 is 2.12 bits per heavy atom. The van der Waals surface area contributed by atoms with E-state index in [1.807, 2.05) is 18.2 Å². The van der Waals surface area contributed by atoms with Gasteiger partial charge in [0.1, 0.15) is 11.4 Å². The number of rotatable bonds is 3. The fourth-order valence-electron chi connectivity index (χ4n) is 1.30. The second-order valence-electron chi connectivity index (χ2n) is 3.14. The lowest BCUT2D eigenvalue weighted by molar-refractivity contribution is 0.318. The van der Waals surface area contributed by atoms with E-state index in [0.717, 1.165) is 5.69 Å². The Morgan fingerprint density at radius 3 is 2.75 bits per heavy atom. The van der Waals surface area contributed by atoms with Gasteiger partial charge in [-0.15, -0.1) is 0 Å². The van der Waals surface area contributed by atoms with Gasteiger partial charge in [0.2, 0.25) is 0 Å². The van der Waals surface area contributed by atoms with Crippen LogP contribution in [0.25, 0.3) is 0 Å². The molecule has 2 aromatic rings. The van der Waals surface area contributed by atoms with Gasteiger partial charge in [0.05, 0.1) is 6.20 Å². The Labute approximate surface area is 92.5 Å². The van der Waals surface area contributed by atoms with Crippen LogP contribution >= 0.6 is 0 Å². The molecule has 0 unspecified atom stereocenters. The maximum Gasteiger partial charge on any atom is 0.113 e. The van der Waals surface area contributed by atoms with Crippen molar-refractivity contribution in [3.8, 4) is 0 Å². The van der Waals surface area contributed by atoms with Crippen molar-refractivity contribution in [2.24, 2.45) is 5.16 Å². The highest BCUT2D eigenvalue weighted by Gasteiger charge is 2.07. The second kappa shape index (κ2) is 4.97. The summed E-state index contributed by atoms with van der Waals surface area (Å²) in [6.07, 6.45) is 6.80. The highest BCUT2D eigenvalue weighted by molar-refractivity contribution is 5.99. The largest absolute Gasteiger partial charge is 0.411 e. The minimum absolute atomic E-state index is 0.427. The summed E-state index contributed by atoms with van der Waals surface area (Å²) in [7, 11) is 0. The molecule has 5 nitrogen and oxygen atoms in total. The predicted molar refractivity (Wildman–Crippen MR) is 58.3 cm³/mol. The third-order valence-corrected chi connectivity index (χ3v) is 2.05. The second-order valence-corrected chi connectivity index (χ2v) is 3.14. The first-order valence-corrected chi connectivity index (χ1v) is 4.77. The van der Waals surface area contributed by atoms with Crippen LogP contribution in [-0.4, -0.2) is 25.9 Å². The molecule has 0 saturated heterocycles. The maximum absolute atomic E-state index is 8.93. The lowest BCUT2D eigenvalue weighted by Gasteiger charge is -2.02. The lowest BCUT2D eigenvalue weighted by atomic mass is 10.1. The van der Waals surface area contributed by atoms with E-state index in [0.29, 0.717) is 17.8 Å². The monoisotopic (exact) mass is 214 g/mol. The van der Waals surface area contributed by atoms with Gasteiger partial charge in [-0.3, -0.25) is 15.0 Å². The third kappa shape index (κ3) is 2.38. The van der Waals surface area contributed by atoms with E-state index in [4.69, 9.17) is 5.21 Å². The first-order valence-electron chi connectivity index (χ1n) is 4.77. The van der Waals surface area contributed by atoms with Crippen molar-refractivity contribution in [1.82, 2.24) is 15.0 Å². The lowest BCUT2D eigenvalue weighted by Crippen LogP contribution is -2.09. The molecular formula is C11H10N4O. The normalized spacial score (nSPS) is 11.4. The van der Waals surface area contributed by atoms with Crippen molar-refractivity contribution in [2.75, 3.05) is 0 Å². The van der Waals surface area contributed by atoms with Crippen LogP contribution in [0.15, 0.2) is 48.1 Å². The van der Waals surface area contributed by atoms with Crippen LogP contribution in [0.2, 0.25) is 0 Å². The SMILES string of the molecule is O/N=C(\Cc1ccccn1)c1cnccn1. The van der Waals surface area contributed by atoms with Crippen LogP contribution < -0.4 is 0 Å². The molecule has 16 heavy (non-hydrogen) atoms. The van der Waals surface area contributed by atoms with Gasteiger partial charge in [-0.05, 0) is 12.1 Å². The molecular weight excluding hydrogens is 204 g/mol. The van der Waals surface area contributed by atoms with Crippen LogP contribution in [0.1, 0.15) is 11.4 Å². The third-order valence-electron chi connectivity index (χ3n) is 2.05. The highest BCUT2D eigenvalue weighted by atomic mass is 16.4. The van der Waals surface area contributed by atoms with Crippen LogP contribution in [0.4, 0.5) is 0 Å². The van der Waals surface area contributed by atoms with E-state index < -0.39 is 0 Å². The molecule has 1 N–H and O–H groups in total. The van der Waals surface area contributed by atoms with E-state index >= 15 is 0 Å². The van der Waals surface area contributed by atoms with E-state index in [1.54, 1.807) is 24.8 Å². The average Bonchev–Trinajstić information content (AvgIpc) is 2.38. The summed E-state index contributed by atoms with van der Waals surface area (Å²) in [5.74, 6) is 0. The van der Waals surface area contributed by atoms with Gasteiger partial charge < -0.3 is 5.21 Å². The molecule has 0 aliphatic rings. The fourth-order valence-corrected chi connectivity index (χ4v) is 1.30. The first kappa shape index (κ1) is 10.2. The molecule has 80 valence electrons. The molecule has 0 saturated carbocycles. The molecule has 0 spiro atoms. The predicted octanol–water partition coefficient (Wildman–Crippen LogP) is 1.29. The zero-order valence-corrected chi connectivity index (χ0v) is 8.48. The summed E-state index contributed by atoms with van der Waals surface area (Å²) in [6.45, 7) is 0. The zero-order valence-electron chi connectivity index (χ0n) is 8.48. The number of nitrogens with zero attached hydrogens (tertiary/aromatic N) is 4. The number of aromatic nitrogens is 3. The quantitative estimate of drug-likeness (QED) is 0.475. The maximum atomic E-state index is 8.93. The van der Waals surface area contributed by atoms with Crippen LogP contribution in [0, 0.1) is 0 Å². The molecule has 0 aliphatic heterocycles. The van der Waals surface area contributed by atoms with Crippen molar-refractivity contribution >= 4 is 5.71 Å². The van der Waals surface area contributed by atoms with Crippen molar-refractivity contribution in [3.05, 3.63) is 54.4 Å². The summed E-state index contributed by atoms with van der Waals surface area (Å²) >= 11 is 0. The van der Waals surface area contributed by atoms with Gasteiger partial charge in [-0.2, -0.15) is 0 Å². The van der Waals surface area contributed by atoms with Crippen LogP contribution in [-0.2, 0) is 6.42 Å². The minimum Gasteiger partial charge on any atom is -0.411 e. The summed E-state index contributed by atoms with van der Waals surface area (Å²) in [4.78, 5) is 12.1.